The van der Waals surface area contributed by atoms with Crippen LogP contribution < -0.4 is 0 Å². The van der Waals surface area contributed by atoms with Gasteiger partial charge in [0.1, 0.15) is 11.6 Å². The summed E-state index contributed by atoms with van der Waals surface area (Å²) in [6.07, 6.45) is 0. The number of hydrogen-bond acceptors (Lipinski definition) is 0. The highest BCUT2D eigenvalue weighted by Gasteiger charge is 2.18. The predicted octanol–water partition coefficient (Wildman–Crippen LogP) is 5.82. The molecule has 0 aliphatic rings. The van der Waals surface area contributed by atoms with Gasteiger partial charge in [0.15, 0.2) is 0 Å². The van der Waals surface area contributed by atoms with Gasteiger partial charge in [-0.3, -0.25) is 0 Å². The summed E-state index contributed by atoms with van der Waals surface area (Å²) in [5.74, 6) is -1.04. The number of hydrogen-bond donors (Lipinski definition) is 0. The molecule has 0 saturated heterocycles. The van der Waals surface area contributed by atoms with E-state index in [0.717, 1.165) is 27.1 Å². The molecule has 1 atom stereocenters. The molecule has 0 heterocycles. The first-order valence-electron chi connectivity index (χ1n) is 5.03. The Morgan fingerprint density at radius 3 is 2.39 bits per heavy atom. The van der Waals surface area contributed by atoms with Crippen LogP contribution >= 0.6 is 43.5 Å². The zero-order valence-corrected chi connectivity index (χ0v) is 12.9. The van der Waals surface area contributed by atoms with Crippen LogP contribution in [0.1, 0.15) is 16.5 Å². The summed E-state index contributed by atoms with van der Waals surface area (Å²) in [5.41, 5.74) is 0.797. The highest BCUT2D eigenvalue weighted by Crippen LogP contribution is 2.36. The maximum Gasteiger partial charge on any atom is 0.128 e. The molecule has 2 rings (SSSR count). The van der Waals surface area contributed by atoms with Crippen LogP contribution in [0.25, 0.3) is 0 Å². The van der Waals surface area contributed by atoms with E-state index in [1.165, 1.54) is 0 Å². The molecule has 0 saturated carbocycles. The lowest BCUT2D eigenvalue weighted by Gasteiger charge is -2.13. The lowest BCUT2D eigenvalue weighted by molar-refractivity contribution is 0.587. The molecular formula is C13H7Br2ClF2. The van der Waals surface area contributed by atoms with Gasteiger partial charge >= 0.3 is 0 Å². The van der Waals surface area contributed by atoms with Crippen LogP contribution in [0.3, 0.4) is 0 Å². The third kappa shape index (κ3) is 2.92. The first-order valence-corrected chi connectivity index (χ1v) is 7.05. The van der Waals surface area contributed by atoms with Crippen molar-refractivity contribution in [2.75, 3.05) is 0 Å². The average Bonchev–Trinajstić information content (AvgIpc) is 2.34. The van der Waals surface area contributed by atoms with Crippen molar-refractivity contribution >= 4 is 43.5 Å². The smallest absolute Gasteiger partial charge is 0.128 e. The van der Waals surface area contributed by atoms with E-state index in [-0.39, 0.29) is 5.56 Å². The van der Waals surface area contributed by atoms with E-state index in [4.69, 9.17) is 11.6 Å². The lowest BCUT2D eigenvalue weighted by Crippen LogP contribution is -1.99. The van der Waals surface area contributed by atoms with Crippen molar-refractivity contribution in [2.45, 2.75) is 5.38 Å². The van der Waals surface area contributed by atoms with Crippen molar-refractivity contribution in [3.05, 3.63) is 68.1 Å². The van der Waals surface area contributed by atoms with E-state index < -0.39 is 17.0 Å². The van der Waals surface area contributed by atoms with E-state index in [0.29, 0.717) is 5.56 Å². The second-order valence-corrected chi connectivity index (χ2v) is 5.90. The molecule has 0 amide bonds. The molecular weight excluding hydrogens is 389 g/mol. The Kier molecular flexibility index (Phi) is 4.41. The van der Waals surface area contributed by atoms with Gasteiger partial charge in [-0.05, 0) is 42.0 Å². The summed E-state index contributed by atoms with van der Waals surface area (Å²) in [6, 6.07) is 8.65. The van der Waals surface area contributed by atoms with Gasteiger partial charge in [-0.25, -0.2) is 8.78 Å². The van der Waals surface area contributed by atoms with Crippen LogP contribution in [-0.2, 0) is 0 Å². The van der Waals surface area contributed by atoms with E-state index in [2.05, 4.69) is 31.9 Å². The molecule has 1 unspecified atom stereocenters. The third-order valence-electron chi connectivity index (χ3n) is 2.46. The largest absolute Gasteiger partial charge is 0.207 e. The zero-order chi connectivity index (χ0) is 13.3. The number of benzene rings is 2. The monoisotopic (exact) mass is 394 g/mol. The molecule has 5 heteroatoms. The highest BCUT2D eigenvalue weighted by molar-refractivity contribution is 9.11. The van der Waals surface area contributed by atoms with Gasteiger partial charge in [0.25, 0.3) is 0 Å². The summed E-state index contributed by atoms with van der Waals surface area (Å²) in [6.45, 7) is 0. The van der Waals surface area contributed by atoms with Gasteiger partial charge in [-0.2, -0.15) is 0 Å². The van der Waals surface area contributed by atoms with Crippen LogP contribution in [-0.4, -0.2) is 0 Å². The molecule has 18 heavy (non-hydrogen) atoms. The van der Waals surface area contributed by atoms with Crippen LogP contribution in [0.5, 0.6) is 0 Å². The number of rotatable bonds is 2. The first kappa shape index (κ1) is 14.0. The molecule has 0 aromatic heterocycles. The maximum atomic E-state index is 13.7. The van der Waals surface area contributed by atoms with Crippen LogP contribution in [0.15, 0.2) is 45.3 Å². The second-order valence-electron chi connectivity index (χ2n) is 3.69. The quantitative estimate of drug-likeness (QED) is 0.561. The summed E-state index contributed by atoms with van der Waals surface area (Å²) in [7, 11) is 0. The van der Waals surface area contributed by atoms with Crippen molar-refractivity contribution in [1.29, 1.82) is 0 Å². The van der Waals surface area contributed by atoms with E-state index >= 15 is 0 Å². The van der Waals surface area contributed by atoms with E-state index in [9.17, 15) is 8.78 Å². The van der Waals surface area contributed by atoms with E-state index in [1.807, 2.05) is 6.07 Å². The molecule has 2 aromatic carbocycles. The van der Waals surface area contributed by atoms with Crippen molar-refractivity contribution in [3.8, 4) is 0 Å². The van der Waals surface area contributed by atoms with Gasteiger partial charge in [0.05, 0.1) is 5.38 Å². The lowest BCUT2D eigenvalue weighted by atomic mass is 10.0. The van der Waals surface area contributed by atoms with Gasteiger partial charge in [-0.1, -0.05) is 31.9 Å². The molecule has 0 aliphatic carbocycles. The molecule has 0 bridgehead atoms. The molecule has 0 fully saturated rings. The molecule has 94 valence electrons. The standard InChI is InChI=1S/C13H7Br2ClF2/c14-7-1-3-11(15)9(5-7)13(16)10-6-8(17)2-4-12(10)18/h1-6,13H. The summed E-state index contributed by atoms with van der Waals surface area (Å²) in [4.78, 5) is 0. The maximum absolute atomic E-state index is 13.7. The van der Waals surface area contributed by atoms with Crippen molar-refractivity contribution in [2.24, 2.45) is 0 Å². The Balaban J connectivity index is 2.50. The topological polar surface area (TPSA) is 0 Å². The van der Waals surface area contributed by atoms with Gasteiger partial charge in [0, 0.05) is 14.5 Å². The third-order valence-corrected chi connectivity index (χ3v) is 4.15. The zero-order valence-electron chi connectivity index (χ0n) is 8.93. The molecule has 0 spiro atoms. The molecule has 0 aliphatic heterocycles. The van der Waals surface area contributed by atoms with Crippen LogP contribution in [0, 0.1) is 11.6 Å². The fourth-order valence-electron chi connectivity index (χ4n) is 1.59. The van der Waals surface area contributed by atoms with Crippen molar-refractivity contribution < 1.29 is 8.78 Å². The SMILES string of the molecule is Fc1ccc(F)c(C(Cl)c2cc(Br)ccc2Br)c1. The fourth-order valence-corrected chi connectivity index (χ4v) is 2.92. The normalized spacial score (nSPS) is 12.5. The van der Waals surface area contributed by atoms with Crippen LogP contribution in [0.4, 0.5) is 8.78 Å². The Labute approximate surface area is 125 Å². The van der Waals surface area contributed by atoms with Crippen molar-refractivity contribution in [3.63, 3.8) is 0 Å². The highest BCUT2D eigenvalue weighted by atomic mass is 79.9. The van der Waals surface area contributed by atoms with Crippen molar-refractivity contribution in [1.82, 2.24) is 0 Å². The van der Waals surface area contributed by atoms with E-state index in [1.54, 1.807) is 12.1 Å². The Hall–Kier alpha value is -0.450. The molecule has 0 radical (unpaired) electrons. The van der Waals surface area contributed by atoms with Gasteiger partial charge in [0.2, 0.25) is 0 Å². The summed E-state index contributed by atoms with van der Waals surface area (Å²) >= 11 is 12.9. The predicted molar refractivity (Wildman–Crippen MR) is 75.9 cm³/mol. The minimum Gasteiger partial charge on any atom is -0.207 e. The van der Waals surface area contributed by atoms with Gasteiger partial charge < -0.3 is 0 Å². The number of halogens is 5. The van der Waals surface area contributed by atoms with Gasteiger partial charge in [-0.15, -0.1) is 11.6 Å². The summed E-state index contributed by atoms with van der Waals surface area (Å²) in [5, 5.41) is -0.757. The molecule has 0 nitrogen and oxygen atoms in total. The van der Waals surface area contributed by atoms with Crippen LogP contribution in [0.2, 0.25) is 0 Å². The fraction of sp³-hybridized carbons (Fsp3) is 0.0769. The summed E-state index contributed by atoms with van der Waals surface area (Å²) < 4.78 is 28.4. The number of alkyl halides is 1. The average molecular weight is 396 g/mol. The first-order chi connectivity index (χ1) is 8.49. The minimum atomic E-state index is -0.757. The minimum absolute atomic E-state index is 0.121. The Morgan fingerprint density at radius 2 is 1.67 bits per heavy atom. The molecule has 2 aromatic rings. The Bertz CT molecular complexity index is 536. The molecule has 0 N–H and O–H groups in total. The Morgan fingerprint density at radius 1 is 0.944 bits per heavy atom. The second kappa shape index (κ2) is 5.68.